The van der Waals surface area contributed by atoms with Crippen molar-refractivity contribution in [2.45, 2.75) is 49.4 Å². The van der Waals surface area contributed by atoms with E-state index in [4.69, 9.17) is 5.11 Å². The second kappa shape index (κ2) is 8.09. The van der Waals surface area contributed by atoms with E-state index in [1.54, 1.807) is 20.8 Å². The van der Waals surface area contributed by atoms with Gasteiger partial charge in [-0.25, -0.2) is 16.8 Å². The maximum atomic E-state index is 12.3. The van der Waals surface area contributed by atoms with Crippen LogP contribution in [0.3, 0.4) is 0 Å². The first kappa shape index (κ1) is 20.6. The molecule has 0 amide bonds. The Morgan fingerprint density at radius 1 is 1.08 bits per heavy atom. The smallest absolute Gasteiger partial charge is 0.321 e. The van der Waals surface area contributed by atoms with Crippen LogP contribution in [-0.2, 0) is 24.7 Å². The number of nitrogens with one attached hydrogen (secondary N) is 1. The van der Waals surface area contributed by atoms with Crippen LogP contribution in [0.1, 0.15) is 33.6 Å². The van der Waals surface area contributed by atoms with Crippen LogP contribution in [-0.4, -0.2) is 39.7 Å². The highest BCUT2D eigenvalue weighted by Gasteiger charge is 2.26. The van der Waals surface area contributed by atoms with Crippen molar-refractivity contribution < 1.29 is 26.7 Å². The molecule has 1 rings (SSSR count). The number of aliphatic carboxylic acids is 1. The summed E-state index contributed by atoms with van der Waals surface area (Å²) in [6.45, 7) is 5.32. The van der Waals surface area contributed by atoms with Gasteiger partial charge in [-0.1, -0.05) is 20.8 Å². The third-order valence-corrected chi connectivity index (χ3v) is 6.69. The summed E-state index contributed by atoms with van der Waals surface area (Å²) in [5.41, 5.74) is 0. The minimum atomic E-state index is -4.05. The molecule has 7 nitrogen and oxygen atoms in total. The molecule has 0 heterocycles. The van der Waals surface area contributed by atoms with Crippen LogP contribution in [0.15, 0.2) is 34.1 Å². The predicted octanol–water partition coefficient (Wildman–Crippen LogP) is 1.65. The van der Waals surface area contributed by atoms with Gasteiger partial charge < -0.3 is 5.11 Å². The van der Waals surface area contributed by atoms with E-state index in [9.17, 15) is 21.6 Å². The summed E-state index contributed by atoms with van der Waals surface area (Å²) in [5, 5.41) is 9.14. The van der Waals surface area contributed by atoms with Gasteiger partial charge in [0, 0.05) is 0 Å². The van der Waals surface area contributed by atoms with E-state index in [0.717, 1.165) is 0 Å². The van der Waals surface area contributed by atoms with Crippen molar-refractivity contribution >= 4 is 25.8 Å². The van der Waals surface area contributed by atoms with Gasteiger partial charge in [-0.3, -0.25) is 4.79 Å². The van der Waals surface area contributed by atoms with Crippen molar-refractivity contribution in [3.05, 3.63) is 24.3 Å². The zero-order valence-corrected chi connectivity index (χ0v) is 15.5. The SMILES string of the molecule is CCCS(=O)(=O)c1ccc(S(=O)(=O)NC(CC(C)C)C(=O)O)cc1. The molecule has 136 valence electrons. The standard InChI is InChI=1S/C15H23NO6S2/c1-4-9-23(19,20)12-5-7-13(8-6-12)24(21,22)16-14(15(17)18)10-11(2)3/h5-8,11,14,16H,4,9-10H2,1-3H3,(H,17,18). The number of carboxylic acid groups (broad SMARTS) is 1. The van der Waals surface area contributed by atoms with Crippen molar-refractivity contribution in [3.8, 4) is 0 Å². The minimum Gasteiger partial charge on any atom is -0.480 e. The summed E-state index contributed by atoms with van der Waals surface area (Å²) in [7, 11) is -7.48. The van der Waals surface area contributed by atoms with E-state index >= 15 is 0 Å². The maximum absolute atomic E-state index is 12.3. The molecule has 1 unspecified atom stereocenters. The van der Waals surface area contributed by atoms with Crippen molar-refractivity contribution in [1.82, 2.24) is 4.72 Å². The number of sulfonamides is 1. The van der Waals surface area contributed by atoms with Crippen LogP contribution in [0, 0.1) is 5.92 Å². The first-order valence-corrected chi connectivity index (χ1v) is 10.7. The Morgan fingerprint density at radius 3 is 2.00 bits per heavy atom. The zero-order valence-electron chi connectivity index (χ0n) is 13.9. The van der Waals surface area contributed by atoms with Gasteiger partial charge in [-0.2, -0.15) is 4.72 Å². The Labute approximate surface area is 143 Å². The lowest BCUT2D eigenvalue weighted by atomic mass is 10.1. The summed E-state index contributed by atoms with van der Waals surface area (Å²) < 4.78 is 50.6. The fourth-order valence-electron chi connectivity index (χ4n) is 2.14. The van der Waals surface area contributed by atoms with Gasteiger partial charge in [0.25, 0.3) is 0 Å². The molecule has 0 aliphatic carbocycles. The van der Waals surface area contributed by atoms with E-state index in [2.05, 4.69) is 4.72 Å². The third-order valence-electron chi connectivity index (χ3n) is 3.27. The topological polar surface area (TPSA) is 118 Å². The molecule has 0 saturated carbocycles. The second-order valence-corrected chi connectivity index (χ2v) is 9.76. The molecule has 1 atom stereocenters. The average Bonchev–Trinajstić information content (AvgIpc) is 2.46. The average molecular weight is 377 g/mol. The van der Waals surface area contributed by atoms with Crippen LogP contribution in [0.25, 0.3) is 0 Å². The number of rotatable bonds is 9. The number of carbonyl (C=O) groups is 1. The second-order valence-electron chi connectivity index (χ2n) is 5.93. The third kappa shape index (κ3) is 5.57. The van der Waals surface area contributed by atoms with Crippen molar-refractivity contribution in [2.24, 2.45) is 5.92 Å². The molecule has 0 bridgehead atoms. The minimum absolute atomic E-state index is 0.00429. The highest BCUT2D eigenvalue weighted by atomic mass is 32.2. The summed E-state index contributed by atoms with van der Waals surface area (Å²) in [5.74, 6) is -1.28. The van der Waals surface area contributed by atoms with Gasteiger partial charge in [0.15, 0.2) is 9.84 Å². The van der Waals surface area contributed by atoms with Gasteiger partial charge in [0.05, 0.1) is 15.5 Å². The fourth-order valence-corrected chi connectivity index (χ4v) is 4.66. The molecule has 1 aromatic rings. The molecule has 0 spiro atoms. The molecule has 0 aliphatic heterocycles. The Morgan fingerprint density at radius 2 is 1.58 bits per heavy atom. The molecule has 0 fully saturated rings. The monoisotopic (exact) mass is 377 g/mol. The number of carboxylic acids is 1. The number of hydrogen-bond acceptors (Lipinski definition) is 5. The lowest BCUT2D eigenvalue weighted by Gasteiger charge is -2.16. The number of hydrogen-bond donors (Lipinski definition) is 2. The van der Waals surface area contributed by atoms with E-state index in [1.165, 1.54) is 24.3 Å². The van der Waals surface area contributed by atoms with E-state index in [0.29, 0.717) is 6.42 Å². The highest BCUT2D eigenvalue weighted by molar-refractivity contribution is 7.91. The first-order chi connectivity index (χ1) is 11.0. The Bertz CT molecular complexity index is 767. The molecular weight excluding hydrogens is 354 g/mol. The molecular formula is C15H23NO6S2. The molecule has 9 heteroatoms. The highest BCUT2D eigenvalue weighted by Crippen LogP contribution is 2.17. The van der Waals surface area contributed by atoms with E-state index in [-0.39, 0.29) is 27.9 Å². The van der Waals surface area contributed by atoms with Crippen LogP contribution >= 0.6 is 0 Å². The Hall–Kier alpha value is -1.45. The quantitative estimate of drug-likeness (QED) is 0.675. The summed E-state index contributed by atoms with van der Waals surface area (Å²) in [6.07, 6.45) is 0.608. The maximum Gasteiger partial charge on any atom is 0.321 e. The van der Waals surface area contributed by atoms with Gasteiger partial charge in [-0.05, 0) is 43.0 Å². The molecule has 2 N–H and O–H groups in total. The number of benzene rings is 1. The Balaban J connectivity index is 3.05. The first-order valence-electron chi connectivity index (χ1n) is 7.57. The van der Waals surface area contributed by atoms with Crippen LogP contribution in [0.4, 0.5) is 0 Å². The van der Waals surface area contributed by atoms with Crippen molar-refractivity contribution in [3.63, 3.8) is 0 Å². The van der Waals surface area contributed by atoms with Gasteiger partial charge >= 0.3 is 5.97 Å². The van der Waals surface area contributed by atoms with Crippen LogP contribution in [0.2, 0.25) is 0 Å². The summed E-state index contributed by atoms with van der Waals surface area (Å²) in [6, 6.07) is 3.53. The normalized spacial score (nSPS) is 13.8. The van der Waals surface area contributed by atoms with Crippen molar-refractivity contribution in [2.75, 3.05) is 5.75 Å². The lowest BCUT2D eigenvalue weighted by Crippen LogP contribution is -2.41. The largest absolute Gasteiger partial charge is 0.480 e. The zero-order chi connectivity index (χ0) is 18.5. The van der Waals surface area contributed by atoms with Crippen molar-refractivity contribution in [1.29, 1.82) is 0 Å². The van der Waals surface area contributed by atoms with Crippen LogP contribution in [0.5, 0.6) is 0 Å². The molecule has 24 heavy (non-hydrogen) atoms. The van der Waals surface area contributed by atoms with Gasteiger partial charge in [0.1, 0.15) is 6.04 Å². The lowest BCUT2D eigenvalue weighted by molar-refractivity contribution is -0.139. The van der Waals surface area contributed by atoms with Gasteiger partial charge in [-0.15, -0.1) is 0 Å². The fraction of sp³-hybridized carbons (Fsp3) is 0.533. The molecule has 0 aromatic heterocycles. The molecule has 0 aliphatic rings. The molecule has 0 radical (unpaired) electrons. The predicted molar refractivity (Wildman–Crippen MR) is 90.0 cm³/mol. The van der Waals surface area contributed by atoms with E-state index < -0.39 is 31.9 Å². The number of sulfone groups is 1. The molecule has 1 aromatic carbocycles. The summed E-state index contributed by atoms with van der Waals surface area (Å²) >= 11 is 0. The van der Waals surface area contributed by atoms with Crippen LogP contribution < -0.4 is 4.72 Å². The molecule has 0 saturated heterocycles. The Kier molecular flexibility index (Phi) is 6.94. The van der Waals surface area contributed by atoms with Gasteiger partial charge in [0.2, 0.25) is 10.0 Å². The summed E-state index contributed by atoms with van der Waals surface area (Å²) in [4.78, 5) is 11.1. The van der Waals surface area contributed by atoms with E-state index in [1.807, 2.05) is 0 Å².